The van der Waals surface area contributed by atoms with Crippen LogP contribution < -0.4 is 5.32 Å². The standard InChI is InChI=1S/C15H26N4OS/c1-4-13-8-17-14(21-13)9-18-15(16-5-2)19(3)10-12-6-7-20-11-12/h8,12H,4-7,9-11H2,1-3H3,(H,16,18). The lowest BCUT2D eigenvalue weighted by Crippen LogP contribution is -2.41. The first-order valence-electron chi connectivity index (χ1n) is 7.73. The molecule has 1 atom stereocenters. The van der Waals surface area contributed by atoms with E-state index in [2.05, 4.69) is 36.1 Å². The van der Waals surface area contributed by atoms with Crippen LogP contribution in [0, 0.1) is 5.92 Å². The third-order valence-corrected chi connectivity index (χ3v) is 4.69. The molecule has 1 fully saturated rings. The summed E-state index contributed by atoms with van der Waals surface area (Å²) in [6, 6.07) is 0. The molecule has 1 saturated heterocycles. The molecule has 1 aromatic heterocycles. The molecule has 0 aliphatic carbocycles. The number of aromatic nitrogens is 1. The number of hydrogen-bond donors (Lipinski definition) is 1. The van der Waals surface area contributed by atoms with Crippen LogP contribution in [-0.2, 0) is 17.7 Å². The third-order valence-electron chi connectivity index (χ3n) is 3.57. The Balaban J connectivity index is 1.93. The molecule has 5 nitrogen and oxygen atoms in total. The fourth-order valence-corrected chi connectivity index (χ4v) is 3.18. The molecule has 0 spiro atoms. The van der Waals surface area contributed by atoms with Crippen molar-refractivity contribution in [1.82, 2.24) is 15.2 Å². The van der Waals surface area contributed by atoms with Crippen LogP contribution in [0.1, 0.15) is 30.2 Å². The number of rotatable bonds is 6. The van der Waals surface area contributed by atoms with Gasteiger partial charge in [0.05, 0.1) is 13.2 Å². The van der Waals surface area contributed by atoms with Crippen LogP contribution in [0.2, 0.25) is 0 Å². The molecular formula is C15H26N4OS. The van der Waals surface area contributed by atoms with E-state index < -0.39 is 0 Å². The lowest BCUT2D eigenvalue weighted by Gasteiger charge is -2.24. The highest BCUT2D eigenvalue weighted by molar-refractivity contribution is 7.11. The SMILES string of the molecule is CCNC(=NCc1ncc(CC)s1)N(C)CC1CCOC1. The Bertz CT molecular complexity index is 454. The highest BCUT2D eigenvalue weighted by atomic mass is 32.1. The Morgan fingerprint density at radius 3 is 3.05 bits per heavy atom. The normalized spacial score (nSPS) is 19.0. The monoisotopic (exact) mass is 310 g/mol. The third kappa shape index (κ3) is 4.97. The number of hydrogen-bond acceptors (Lipinski definition) is 4. The molecule has 6 heteroatoms. The average molecular weight is 310 g/mol. The van der Waals surface area contributed by atoms with E-state index in [0.29, 0.717) is 12.5 Å². The molecule has 0 radical (unpaired) electrons. The molecule has 1 aliphatic heterocycles. The Labute approximate surface area is 131 Å². The number of nitrogens with one attached hydrogen (secondary N) is 1. The van der Waals surface area contributed by atoms with E-state index in [1.54, 1.807) is 11.3 Å². The van der Waals surface area contributed by atoms with E-state index in [-0.39, 0.29) is 0 Å². The van der Waals surface area contributed by atoms with Crippen molar-refractivity contribution in [1.29, 1.82) is 0 Å². The van der Waals surface area contributed by atoms with Crippen molar-refractivity contribution in [2.75, 3.05) is 33.4 Å². The van der Waals surface area contributed by atoms with E-state index >= 15 is 0 Å². The molecule has 0 amide bonds. The van der Waals surface area contributed by atoms with Crippen molar-refractivity contribution in [2.45, 2.75) is 33.2 Å². The summed E-state index contributed by atoms with van der Waals surface area (Å²) in [4.78, 5) is 12.7. The Morgan fingerprint density at radius 1 is 1.57 bits per heavy atom. The molecule has 2 rings (SSSR count). The van der Waals surface area contributed by atoms with Crippen LogP contribution in [0.25, 0.3) is 0 Å². The molecule has 1 unspecified atom stereocenters. The maximum Gasteiger partial charge on any atom is 0.194 e. The zero-order valence-corrected chi connectivity index (χ0v) is 14.1. The van der Waals surface area contributed by atoms with Gasteiger partial charge in [0.15, 0.2) is 5.96 Å². The van der Waals surface area contributed by atoms with Crippen LogP contribution in [0.3, 0.4) is 0 Å². The van der Waals surface area contributed by atoms with Crippen molar-refractivity contribution < 1.29 is 4.74 Å². The van der Waals surface area contributed by atoms with Crippen LogP contribution in [-0.4, -0.2) is 49.2 Å². The molecule has 118 valence electrons. The number of thiazole rings is 1. The van der Waals surface area contributed by atoms with E-state index in [1.165, 1.54) is 4.88 Å². The van der Waals surface area contributed by atoms with Gasteiger partial charge in [-0.2, -0.15) is 0 Å². The molecule has 1 aliphatic rings. The zero-order valence-electron chi connectivity index (χ0n) is 13.3. The summed E-state index contributed by atoms with van der Waals surface area (Å²) in [7, 11) is 2.10. The van der Waals surface area contributed by atoms with Crippen LogP contribution >= 0.6 is 11.3 Å². The van der Waals surface area contributed by atoms with Gasteiger partial charge in [-0.25, -0.2) is 9.98 Å². The minimum atomic E-state index is 0.616. The van der Waals surface area contributed by atoms with Crippen molar-refractivity contribution in [3.8, 4) is 0 Å². The first kappa shape index (κ1) is 16.2. The highest BCUT2D eigenvalue weighted by Gasteiger charge is 2.19. The van der Waals surface area contributed by atoms with Crippen molar-refractivity contribution in [3.05, 3.63) is 16.1 Å². The van der Waals surface area contributed by atoms with Crippen molar-refractivity contribution in [2.24, 2.45) is 10.9 Å². The largest absolute Gasteiger partial charge is 0.381 e. The summed E-state index contributed by atoms with van der Waals surface area (Å²) in [5.74, 6) is 1.57. The second-order valence-corrected chi connectivity index (χ2v) is 6.55. The van der Waals surface area contributed by atoms with Gasteiger partial charge in [-0.15, -0.1) is 11.3 Å². The van der Waals surface area contributed by atoms with E-state index in [1.807, 2.05) is 6.20 Å². The van der Waals surface area contributed by atoms with Crippen molar-refractivity contribution >= 4 is 17.3 Å². The summed E-state index contributed by atoms with van der Waals surface area (Å²) in [5.41, 5.74) is 0. The Kier molecular flexibility index (Phi) is 6.45. The number of nitrogens with zero attached hydrogens (tertiary/aromatic N) is 3. The van der Waals surface area contributed by atoms with Gasteiger partial charge in [0.1, 0.15) is 5.01 Å². The fraction of sp³-hybridized carbons (Fsp3) is 0.733. The van der Waals surface area contributed by atoms with Gasteiger partial charge in [-0.1, -0.05) is 6.92 Å². The quantitative estimate of drug-likeness (QED) is 0.646. The zero-order chi connectivity index (χ0) is 15.1. The predicted octanol–water partition coefficient (Wildman–Crippen LogP) is 2.14. The highest BCUT2D eigenvalue weighted by Crippen LogP contribution is 2.15. The van der Waals surface area contributed by atoms with Gasteiger partial charge in [0.25, 0.3) is 0 Å². The van der Waals surface area contributed by atoms with E-state index in [4.69, 9.17) is 9.73 Å². The minimum Gasteiger partial charge on any atom is -0.381 e. The van der Waals surface area contributed by atoms with E-state index in [0.717, 1.165) is 50.1 Å². The maximum atomic E-state index is 5.45. The predicted molar refractivity (Wildman–Crippen MR) is 87.9 cm³/mol. The van der Waals surface area contributed by atoms with Gasteiger partial charge in [0, 0.05) is 43.7 Å². The second-order valence-electron chi connectivity index (χ2n) is 5.35. The molecule has 0 aromatic carbocycles. The number of aliphatic imine (C=N–C) groups is 1. The number of guanidine groups is 1. The number of aryl methyl sites for hydroxylation is 1. The first-order chi connectivity index (χ1) is 10.2. The van der Waals surface area contributed by atoms with Crippen molar-refractivity contribution in [3.63, 3.8) is 0 Å². The molecule has 1 N–H and O–H groups in total. The molecule has 0 bridgehead atoms. The molecule has 0 saturated carbocycles. The topological polar surface area (TPSA) is 49.8 Å². The summed E-state index contributed by atoms with van der Waals surface area (Å²) >= 11 is 1.75. The van der Waals surface area contributed by atoms with Gasteiger partial charge in [0.2, 0.25) is 0 Å². The average Bonchev–Trinajstić information content (AvgIpc) is 3.14. The fourth-order valence-electron chi connectivity index (χ4n) is 2.40. The maximum absolute atomic E-state index is 5.45. The first-order valence-corrected chi connectivity index (χ1v) is 8.55. The summed E-state index contributed by atoms with van der Waals surface area (Å²) in [6.07, 6.45) is 4.15. The lowest BCUT2D eigenvalue weighted by atomic mass is 10.1. The Hall–Kier alpha value is -1.14. The molecular weight excluding hydrogens is 284 g/mol. The molecule has 2 heterocycles. The van der Waals surface area contributed by atoms with Gasteiger partial charge in [-0.05, 0) is 19.8 Å². The lowest BCUT2D eigenvalue weighted by molar-refractivity contribution is 0.181. The van der Waals surface area contributed by atoms with Crippen LogP contribution in [0.4, 0.5) is 0 Å². The molecule has 1 aromatic rings. The minimum absolute atomic E-state index is 0.616. The van der Waals surface area contributed by atoms with Gasteiger partial charge < -0.3 is 15.0 Å². The summed E-state index contributed by atoms with van der Waals surface area (Å²) in [6.45, 7) is 8.54. The second kappa shape index (κ2) is 8.34. The van der Waals surface area contributed by atoms with Gasteiger partial charge in [-0.3, -0.25) is 0 Å². The van der Waals surface area contributed by atoms with Gasteiger partial charge >= 0.3 is 0 Å². The smallest absolute Gasteiger partial charge is 0.194 e. The molecule has 21 heavy (non-hydrogen) atoms. The van der Waals surface area contributed by atoms with Crippen LogP contribution in [0.15, 0.2) is 11.2 Å². The van der Waals surface area contributed by atoms with E-state index in [9.17, 15) is 0 Å². The van der Waals surface area contributed by atoms with Crippen LogP contribution in [0.5, 0.6) is 0 Å². The number of ether oxygens (including phenoxy) is 1. The summed E-state index contributed by atoms with van der Waals surface area (Å²) < 4.78 is 5.45. The summed E-state index contributed by atoms with van der Waals surface area (Å²) in [5, 5.41) is 4.44. The Morgan fingerprint density at radius 2 is 2.43 bits per heavy atom.